The number of hydrogen-bond donors (Lipinski definition) is 1. The van der Waals surface area contributed by atoms with Crippen molar-refractivity contribution in [1.82, 2.24) is 5.32 Å². The molecule has 0 aromatic carbocycles. The van der Waals surface area contributed by atoms with Gasteiger partial charge in [-0.05, 0) is 13.0 Å². The first-order valence-electron chi connectivity index (χ1n) is 3.83. The van der Waals surface area contributed by atoms with Crippen molar-refractivity contribution < 1.29 is 21.6 Å². The van der Waals surface area contributed by atoms with Gasteiger partial charge in [0.05, 0.1) is 5.75 Å². The van der Waals surface area contributed by atoms with E-state index in [1.54, 1.807) is 0 Å². The third-order valence-electron chi connectivity index (χ3n) is 1.95. The number of nitrogens with one attached hydrogen (secondary N) is 1. The van der Waals surface area contributed by atoms with Gasteiger partial charge in [0, 0.05) is 6.54 Å². The molecule has 1 N–H and O–H groups in total. The van der Waals surface area contributed by atoms with E-state index in [0.717, 1.165) is 0 Å². The van der Waals surface area contributed by atoms with Crippen LogP contribution in [0.5, 0.6) is 0 Å². The maximum atomic E-state index is 12.2. The zero-order valence-electron chi connectivity index (χ0n) is 7.17. The van der Waals surface area contributed by atoms with E-state index in [4.69, 9.17) is 0 Å². The Morgan fingerprint density at radius 2 is 1.79 bits per heavy atom. The molecule has 0 radical (unpaired) electrons. The van der Waals surface area contributed by atoms with Gasteiger partial charge < -0.3 is 5.32 Å². The van der Waals surface area contributed by atoms with Crippen LogP contribution in [0.1, 0.15) is 6.42 Å². The standard InChI is InChI=1S/C6H10F3NO2S.ClH/c7-6(8,9)5-1-2-10-3-4-13(5,11)12;/h5,10H,1-4H2;1H. The van der Waals surface area contributed by atoms with Gasteiger partial charge in [0.1, 0.15) is 0 Å². The summed E-state index contributed by atoms with van der Waals surface area (Å²) in [6, 6.07) is 0. The van der Waals surface area contributed by atoms with Gasteiger partial charge in [-0.25, -0.2) is 8.42 Å². The Labute approximate surface area is 86.4 Å². The summed E-state index contributed by atoms with van der Waals surface area (Å²) in [6.07, 6.45) is -5.02. The van der Waals surface area contributed by atoms with Crippen LogP contribution in [0.25, 0.3) is 0 Å². The molecule has 0 aliphatic carbocycles. The van der Waals surface area contributed by atoms with Crippen LogP contribution in [0.2, 0.25) is 0 Å². The molecular formula is C6H11ClF3NO2S. The van der Waals surface area contributed by atoms with Gasteiger partial charge in [-0.2, -0.15) is 13.2 Å². The molecular weight excluding hydrogens is 243 g/mol. The first-order valence-corrected chi connectivity index (χ1v) is 5.54. The van der Waals surface area contributed by atoms with E-state index in [1.807, 2.05) is 0 Å². The van der Waals surface area contributed by atoms with E-state index in [9.17, 15) is 21.6 Å². The highest BCUT2D eigenvalue weighted by Crippen LogP contribution is 2.29. The lowest BCUT2D eigenvalue weighted by Gasteiger charge is -2.17. The van der Waals surface area contributed by atoms with Crippen molar-refractivity contribution in [3.63, 3.8) is 0 Å². The molecule has 0 aromatic heterocycles. The molecule has 3 nitrogen and oxygen atoms in total. The Bertz CT molecular complexity index is 277. The lowest BCUT2D eigenvalue weighted by atomic mass is 10.3. The summed E-state index contributed by atoms with van der Waals surface area (Å²) in [5.41, 5.74) is 0. The highest BCUT2D eigenvalue weighted by Gasteiger charge is 2.48. The number of hydrogen-bond acceptors (Lipinski definition) is 3. The van der Waals surface area contributed by atoms with E-state index < -0.39 is 27.0 Å². The Balaban J connectivity index is 0.00000169. The fourth-order valence-electron chi connectivity index (χ4n) is 1.26. The Hall–Kier alpha value is -0.0100. The lowest BCUT2D eigenvalue weighted by molar-refractivity contribution is -0.130. The maximum absolute atomic E-state index is 12.2. The monoisotopic (exact) mass is 253 g/mol. The predicted octanol–water partition coefficient (Wildman–Crippen LogP) is 0.747. The predicted molar refractivity (Wildman–Crippen MR) is 48.4 cm³/mol. The lowest BCUT2D eigenvalue weighted by Crippen LogP contribution is -2.37. The quantitative estimate of drug-likeness (QED) is 0.693. The molecule has 0 saturated carbocycles. The molecule has 1 atom stereocenters. The van der Waals surface area contributed by atoms with E-state index in [-0.39, 0.29) is 31.9 Å². The third kappa shape index (κ3) is 3.29. The minimum Gasteiger partial charge on any atom is -0.316 e. The van der Waals surface area contributed by atoms with E-state index >= 15 is 0 Å². The van der Waals surface area contributed by atoms with E-state index in [2.05, 4.69) is 5.32 Å². The summed E-state index contributed by atoms with van der Waals surface area (Å²) in [7, 11) is -4.01. The smallest absolute Gasteiger partial charge is 0.316 e. The maximum Gasteiger partial charge on any atom is 0.405 e. The van der Waals surface area contributed by atoms with Crippen molar-refractivity contribution in [2.24, 2.45) is 0 Å². The molecule has 0 bridgehead atoms. The second-order valence-electron chi connectivity index (χ2n) is 2.94. The van der Waals surface area contributed by atoms with Crippen molar-refractivity contribution >= 4 is 22.2 Å². The summed E-state index contributed by atoms with van der Waals surface area (Å²) in [5, 5.41) is 0.441. The largest absolute Gasteiger partial charge is 0.405 e. The molecule has 1 saturated heterocycles. The van der Waals surface area contributed by atoms with Crippen LogP contribution in [0.15, 0.2) is 0 Å². The van der Waals surface area contributed by atoms with Gasteiger partial charge >= 0.3 is 6.18 Å². The number of rotatable bonds is 0. The fraction of sp³-hybridized carbons (Fsp3) is 1.00. The zero-order chi connectivity index (χ0) is 10.1. The van der Waals surface area contributed by atoms with Gasteiger partial charge in [0.2, 0.25) is 0 Å². The van der Waals surface area contributed by atoms with E-state index in [1.165, 1.54) is 0 Å². The number of halogens is 4. The molecule has 1 aliphatic rings. The Morgan fingerprint density at radius 3 is 2.29 bits per heavy atom. The summed E-state index contributed by atoms with van der Waals surface area (Å²) in [6.45, 7) is 0.207. The van der Waals surface area contributed by atoms with Gasteiger partial charge in [-0.3, -0.25) is 0 Å². The van der Waals surface area contributed by atoms with Crippen LogP contribution in [-0.4, -0.2) is 38.7 Å². The highest BCUT2D eigenvalue weighted by molar-refractivity contribution is 7.92. The van der Waals surface area contributed by atoms with Gasteiger partial charge in [-0.15, -0.1) is 12.4 Å². The molecule has 1 unspecified atom stereocenters. The van der Waals surface area contributed by atoms with Crippen LogP contribution in [0, 0.1) is 0 Å². The topological polar surface area (TPSA) is 46.2 Å². The average molecular weight is 254 g/mol. The second kappa shape index (κ2) is 4.67. The summed E-state index contributed by atoms with van der Waals surface area (Å²) in [4.78, 5) is 0. The van der Waals surface area contributed by atoms with Crippen molar-refractivity contribution in [3.05, 3.63) is 0 Å². The van der Waals surface area contributed by atoms with Crippen LogP contribution in [-0.2, 0) is 9.84 Å². The molecule has 0 spiro atoms. The molecule has 0 aromatic rings. The average Bonchev–Trinajstić information content (AvgIpc) is 2.07. The molecule has 8 heteroatoms. The molecule has 1 aliphatic heterocycles. The summed E-state index contributed by atoms with van der Waals surface area (Å²) in [5.74, 6) is -0.433. The normalized spacial score (nSPS) is 27.5. The summed E-state index contributed by atoms with van der Waals surface area (Å²) >= 11 is 0. The minimum atomic E-state index is -4.63. The molecule has 86 valence electrons. The molecule has 1 heterocycles. The molecule has 0 amide bonds. The minimum absolute atomic E-state index is 0. The summed E-state index contributed by atoms with van der Waals surface area (Å²) < 4.78 is 58.8. The Kier molecular flexibility index (Phi) is 4.67. The number of alkyl halides is 3. The SMILES string of the molecule is Cl.O=S1(=O)CCNCCC1C(F)(F)F. The highest BCUT2D eigenvalue weighted by atomic mass is 35.5. The van der Waals surface area contributed by atoms with Crippen LogP contribution in [0.3, 0.4) is 0 Å². The van der Waals surface area contributed by atoms with Gasteiger partial charge in [-0.1, -0.05) is 0 Å². The second-order valence-corrected chi connectivity index (χ2v) is 5.24. The first kappa shape index (κ1) is 14.0. The van der Waals surface area contributed by atoms with Crippen LogP contribution >= 0.6 is 12.4 Å². The molecule has 1 rings (SSSR count). The van der Waals surface area contributed by atoms with Crippen molar-refractivity contribution in [3.8, 4) is 0 Å². The van der Waals surface area contributed by atoms with Crippen molar-refractivity contribution in [2.45, 2.75) is 17.8 Å². The molecule has 1 fully saturated rings. The van der Waals surface area contributed by atoms with Crippen molar-refractivity contribution in [2.75, 3.05) is 18.8 Å². The van der Waals surface area contributed by atoms with E-state index in [0.29, 0.717) is 0 Å². The van der Waals surface area contributed by atoms with Gasteiger partial charge in [0.25, 0.3) is 0 Å². The van der Waals surface area contributed by atoms with Gasteiger partial charge in [0.15, 0.2) is 15.1 Å². The number of sulfone groups is 1. The molecule has 14 heavy (non-hydrogen) atoms. The van der Waals surface area contributed by atoms with Crippen LogP contribution < -0.4 is 5.32 Å². The first-order chi connectivity index (χ1) is 5.84. The van der Waals surface area contributed by atoms with Crippen molar-refractivity contribution in [1.29, 1.82) is 0 Å². The fourth-order valence-corrected chi connectivity index (χ4v) is 2.86. The third-order valence-corrected chi connectivity index (χ3v) is 4.09. The Morgan fingerprint density at radius 1 is 1.21 bits per heavy atom. The zero-order valence-corrected chi connectivity index (χ0v) is 8.81. The van der Waals surface area contributed by atoms with Crippen LogP contribution in [0.4, 0.5) is 13.2 Å².